The zero-order valence-electron chi connectivity index (χ0n) is 13.1. The Morgan fingerprint density at radius 3 is 2.55 bits per heavy atom. The van der Waals surface area contributed by atoms with Gasteiger partial charge < -0.3 is 11.4 Å². The van der Waals surface area contributed by atoms with E-state index in [0.29, 0.717) is 6.54 Å². The number of aliphatic carboxylic acids is 1. The molecular formula is C14H19LiN2O3. The number of amides is 1. The van der Waals surface area contributed by atoms with Gasteiger partial charge in [0.2, 0.25) is 5.91 Å². The summed E-state index contributed by atoms with van der Waals surface area (Å²) in [5.74, 6) is -1.11. The van der Waals surface area contributed by atoms with Crippen molar-refractivity contribution in [2.24, 2.45) is 0 Å². The molecule has 0 saturated carbocycles. The third-order valence-corrected chi connectivity index (χ3v) is 3.63. The van der Waals surface area contributed by atoms with Gasteiger partial charge in [0.15, 0.2) is 0 Å². The van der Waals surface area contributed by atoms with Gasteiger partial charge in [0.25, 0.3) is 0 Å². The van der Waals surface area contributed by atoms with Crippen LogP contribution in [0, 0.1) is 0 Å². The van der Waals surface area contributed by atoms with E-state index in [1.807, 2.05) is 42.3 Å². The van der Waals surface area contributed by atoms with Crippen LogP contribution in [-0.4, -0.2) is 53.0 Å². The number of carbonyl (C=O) groups excluding carboxylic acids is 1. The van der Waals surface area contributed by atoms with Crippen molar-refractivity contribution in [2.75, 3.05) is 20.1 Å². The van der Waals surface area contributed by atoms with Crippen molar-refractivity contribution in [1.82, 2.24) is 9.80 Å². The van der Waals surface area contributed by atoms with Gasteiger partial charge in [-0.2, -0.15) is 0 Å². The van der Waals surface area contributed by atoms with E-state index in [1.54, 1.807) is 6.92 Å². The summed E-state index contributed by atoms with van der Waals surface area (Å²) in [7, 11) is 1.89. The molecule has 0 spiro atoms. The van der Waals surface area contributed by atoms with Crippen LogP contribution in [0.15, 0.2) is 30.3 Å². The molecule has 0 aromatic heterocycles. The Morgan fingerprint density at radius 2 is 2.00 bits per heavy atom. The maximum atomic E-state index is 12.3. The van der Waals surface area contributed by atoms with Crippen LogP contribution >= 0.6 is 0 Å². The van der Waals surface area contributed by atoms with E-state index in [1.165, 1.54) is 4.90 Å². The van der Waals surface area contributed by atoms with Gasteiger partial charge in [-0.3, -0.25) is 14.5 Å². The van der Waals surface area contributed by atoms with E-state index < -0.39 is 5.97 Å². The second-order valence-electron chi connectivity index (χ2n) is 4.90. The average molecular weight is 270 g/mol. The third-order valence-electron chi connectivity index (χ3n) is 3.63. The van der Waals surface area contributed by atoms with Crippen molar-refractivity contribution in [1.29, 1.82) is 0 Å². The summed E-state index contributed by atoms with van der Waals surface area (Å²) in [6.45, 7) is 2.19. The van der Waals surface area contributed by atoms with Crippen LogP contribution in [0.2, 0.25) is 0 Å². The van der Waals surface area contributed by atoms with Crippen molar-refractivity contribution >= 4 is 11.9 Å². The molecule has 1 aromatic rings. The van der Waals surface area contributed by atoms with Crippen LogP contribution in [-0.2, 0) is 9.59 Å². The minimum Gasteiger partial charge on any atom is -1.00 e. The number of piperazine rings is 1. The maximum absolute atomic E-state index is 12.3. The number of hydrogen-bond acceptors (Lipinski definition) is 3. The van der Waals surface area contributed by atoms with Gasteiger partial charge in [-0.1, -0.05) is 30.3 Å². The van der Waals surface area contributed by atoms with Gasteiger partial charge in [-0.05, 0) is 19.5 Å². The Labute approximate surface area is 132 Å². The minimum absolute atomic E-state index is 0. The first kappa shape index (κ1) is 16.8. The van der Waals surface area contributed by atoms with E-state index in [2.05, 4.69) is 0 Å². The molecule has 1 aliphatic heterocycles. The van der Waals surface area contributed by atoms with Gasteiger partial charge in [-0.15, -0.1) is 0 Å². The first-order chi connectivity index (χ1) is 9.00. The van der Waals surface area contributed by atoms with E-state index in [-0.39, 0.29) is 44.8 Å². The van der Waals surface area contributed by atoms with Crippen molar-refractivity contribution in [3.63, 3.8) is 0 Å². The molecule has 2 rings (SSSR count). The van der Waals surface area contributed by atoms with Gasteiger partial charge in [0.1, 0.15) is 6.54 Å². The molecule has 1 N–H and O–H groups in total. The minimum atomic E-state index is -0.981. The smallest absolute Gasteiger partial charge is 1.00 e. The Morgan fingerprint density at radius 1 is 1.40 bits per heavy atom. The second-order valence-corrected chi connectivity index (χ2v) is 4.90. The van der Waals surface area contributed by atoms with Crippen molar-refractivity contribution < 1.29 is 35.0 Å². The summed E-state index contributed by atoms with van der Waals surface area (Å²) < 4.78 is 0. The zero-order chi connectivity index (χ0) is 14.0. The molecule has 6 heteroatoms. The largest absolute Gasteiger partial charge is 1.00 e. The fourth-order valence-electron chi connectivity index (χ4n) is 2.41. The SMILES string of the molecule is CC1C(=O)N(CC(=O)O)C(c2ccccc2)CN1C.[H-].[Li+]. The maximum Gasteiger partial charge on any atom is 1.00 e. The first-order valence-corrected chi connectivity index (χ1v) is 6.28. The number of carboxylic acids is 1. The Hall–Kier alpha value is -1.28. The fraction of sp³-hybridized carbons (Fsp3) is 0.429. The van der Waals surface area contributed by atoms with Crippen LogP contribution < -0.4 is 18.9 Å². The molecule has 1 amide bonds. The number of nitrogens with zero attached hydrogens (tertiary/aromatic N) is 2. The van der Waals surface area contributed by atoms with Crippen LogP contribution in [0.25, 0.3) is 0 Å². The molecule has 0 aliphatic carbocycles. The molecule has 5 nitrogen and oxygen atoms in total. The molecule has 20 heavy (non-hydrogen) atoms. The Bertz CT molecular complexity index is 486. The van der Waals surface area contributed by atoms with Crippen molar-refractivity contribution in [2.45, 2.75) is 19.0 Å². The molecule has 2 unspecified atom stereocenters. The molecule has 1 aromatic carbocycles. The summed E-state index contributed by atoms with van der Waals surface area (Å²) in [6, 6.07) is 9.08. The van der Waals surface area contributed by atoms with Crippen LogP contribution in [0.5, 0.6) is 0 Å². The summed E-state index contributed by atoms with van der Waals surface area (Å²) in [5.41, 5.74) is 0.968. The number of carboxylic acid groups (broad SMARTS) is 1. The molecule has 1 fully saturated rings. The normalized spacial score (nSPS) is 23.3. The molecule has 1 aliphatic rings. The predicted octanol–water partition coefficient (Wildman–Crippen LogP) is -1.91. The number of benzene rings is 1. The van der Waals surface area contributed by atoms with E-state index in [9.17, 15) is 9.59 Å². The topological polar surface area (TPSA) is 60.9 Å². The van der Waals surface area contributed by atoms with E-state index in [4.69, 9.17) is 5.11 Å². The summed E-state index contributed by atoms with van der Waals surface area (Å²) in [6.07, 6.45) is 0. The Kier molecular flexibility index (Phi) is 5.82. The molecular weight excluding hydrogens is 251 g/mol. The summed E-state index contributed by atoms with van der Waals surface area (Å²) in [4.78, 5) is 26.7. The van der Waals surface area contributed by atoms with Crippen LogP contribution in [0.3, 0.4) is 0 Å². The molecule has 1 heterocycles. The van der Waals surface area contributed by atoms with Crippen molar-refractivity contribution in [3.05, 3.63) is 35.9 Å². The molecule has 0 bridgehead atoms. The predicted molar refractivity (Wildman–Crippen MR) is 71.7 cm³/mol. The Balaban J connectivity index is 0.00000200. The number of carbonyl (C=O) groups is 2. The summed E-state index contributed by atoms with van der Waals surface area (Å²) >= 11 is 0. The number of likely N-dealkylation sites (N-methyl/N-ethyl adjacent to an activating group) is 1. The molecule has 1 saturated heterocycles. The third kappa shape index (κ3) is 3.43. The van der Waals surface area contributed by atoms with Gasteiger partial charge in [0, 0.05) is 6.54 Å². The van der Waals surface area contributed by atoms with Crippen LogP contribution in [0.4, 0.5) is 0 Å². The van der Waals surface area contributed by atoms with Crippen LogP contribution in [0.1, 0.15) is 20.0 Å². The van der Waals surface area contributed by atoms with Crippen molar-refractivity contribution in [3.8, 4) is 0 Å². The monoisotopic (exact) mass is 270 g/mol. The van der Waals surface area contributed by atoms with Gasteiger partial charge in [0.05, 0.1) is 12.1 Å². The average Bonchev–Trinajstić information content (AvgIpc) is 2.40. The zero-order valence-corrected chi connectivity index (χ0v) is 12.1. The molecule has 2 atom stereocenters. The number of hydrogen-bond donors (Lipinski definition) is 1. The van der Waals surface area contributed by atoms with Gasteiger partial charge in [-0.25, -0.2) is 0 Å². The fourth-order valence-corrected chi connectivity index (χ4v) is 2.41. The van der Waals surface area contributed by atoms with Gasteiger partial charge >= 0.3 is 24.8 Å². The van der Waals surface area contributed by atoms with E-state index >= 15 is 0 Å². The molecule has 104 valence electrons. The standard InChI is InChI=1S/C14H18N2O3.Li.H/c1-10-14(19)16(9-13(17)18)12(8-15(10)2)11-6-4-3-5-7-11;;/h3-7,10,12H,8-9H2,1-2H3,(H,17,18);;/q;+1;-1. The first-order valence-electron chi connectivity index (χ1n) is 6.28. The summed E-state index contributed by atoms with van der Waals surface area (Å²) in [5, 5.41) is 8.99. The quantitative estimate of drug-likeness (QED) is 0.651. The second kappa shape index (κ2) is 6.94. The van der Waals surface area contributed by atoms with E-state index in [0.717, 1.165) is 5.56 Å². The number of rotatable bonds is 3. The molecule has 0 radical (unpaired) electrons.